The lowest BCUT2D eigenvalue weighted by molar-refractivity contribution is 0.321. The Labute approximate surface area is 109 Å². The van der Waals surface area contributed by atoms with Crippen LogP contribution >= 0.6 is 11.8 Å². The number of benzene rings is 1. The average molecular weight is 264 g/mol. The molecule has 18 heavy (non-hydrogen) atoms. The maximum atomic E-state index is 12.7. The van der Waals surface area contributed by atoms with Gasteiger partial charge < -0.3 is 4.74 Å². The topological polar surface area (TPSA) is 35.0 Å². The number of aromatic nitrogens is 2. The van der Waals surface area contributed by atoms with Gasteiger partial charge in [0.2, 0.25) is 5.88 Å². The van der Waals surface area contributed by atoms with Crippen molar-refractivity contribution in [3.8, 4) is 5.88 Å². The molecule has 0 bridgehead atoms. The summed E-state index contributed by atoms with van der Waals surface area (Å²) >= 11 is 1.55. The minimum absolute atomic E-state index is 0.218. The molecular weight excluding hydrogens is 251 g/mol. The molecule has 0 saturated carbocycles. The molecule has 0 fully saturated rings. The molecular formula is C13H13FN2OS. The molecule has 0 aliphatic rings. The first-order chi connectivity index (χ1) is 8.78. The zero-order valence-corrected chi connectivity index (χ0v) is 10.8. The van der Waals surface area contributed by atoms with E-state index in [9.17, 15) is 4.39 Å². The van der Waals surface area contributed by atoms with Crippen molar-refractivity contribution in [3.63, 3.8) is 0 Å². The van der Waals surface area contributed by atoms with E-state index in [2.05, 4.69) is 10.2 Å². The third-order valence-corrected chi connectivity index (χ3v) is 3.20. The van der Waals surface area contributed by atoms with Gasteiger partial charge in [0, 0.05) is 11.8 Å². The fourth-order valence-corrected chi connectivity index (χ4v) is 2.12. The van der Waals surface area contributed by atoms with Crippen molar-refractivity contribution in [3.05, 3.63) is 47.8 Å². The predicted molar refractivity (Wildman–Crippen MR) is 69.2 cm³/mol. The third kappa shape index (κ3) is 3.70. The smallest absolute Gasteiger partial charge is 0.233 e. The Kier molecular flexibility index (Phi) is 4.52. The van der Waals surface area contributed by atoms with E-state index in [-0.39, 0.29) is 5.82 Å². The molecule has 0 N–H and O–H groups in total. The van der Waals surface area contributed by atoms with Crippen LogP contribution in [0.4, 0.5) is 4.39 Å². The van der Waals surface area contributed by atoms with Crippen molar-refractivity contribution in [1.82, 2.24) is 10.2 Å². The Morgan fingerprint density at radius 3 is 2.50 bits per heavy atom. The summed E-state index contributed by atoms with van der Waals surface area (Å²) in [4.78, 5) is 0. The van der Waals surface area contributed by atoms with E-state index in [0.717, 1.165) is 16.3 Å². The van der Waals surface area contributed by atoms with Crippen LogP contribution in [0.3, 0.4) is 0 Å². The first-order valence-electron chi connectivity index (χ1n) is 5.61. The fourth-order valence-electron chi connectivity index (χ4n) is 1.35. The SMILES string of the molecule is CCOc1ccc(SCc2ccc(F)cc2)nn1. The number of halogens is 1. The van der Waals surface area contributed by atoms with E-state index >= 15 is 0 Å². The lowest BCUT2D eigenvalue weighted by Crippen LogP contribution is -1.96. The van der Waals surface area contributed by atoms with Crippen molar-refractivity contribution < 1.29 is 9.13 Å². The highest BCUT2D eigenvalue weighted by molar-refractivity contribution is 7.98. The zero-order chi connectivity index (χ0) is 12.8. The maximum Gasteiger partial charge on any atom is 0.233 e. The highest BCUT2D eigenvalue weighted by atomic mass is 32.2. The highest BCUT2D eigenvalue weighted by Crippen LogP contribution is 2.21. The molecule has 0 spiro atoms. The van der Waals surface area contributed by atoms with Crippen molar-refractivity contribution in [2.45, 2.75) is 17.7 Å². The second kappa shape index (κ2) is 6.35. The molecule has 0 unspecified atom stereocenters. The number of thioether (sulfide) groups is 1. The van der Waals surface area contributed by atoms with E-state index in [1.54, 1.807) is 30.0 Å². The van der Waals surface area contributed by atoms with Crippen LogP contribution in [-0.2, 0) is 5.75 Å². The number of hydrogen-bond acceptors (Lipinski definition) is 4. The second-order valence-electron chi connectivity index (χ2n) is 3.56. The minimum Gasteiger partial charge on any atom is -0.477 e. The van der Waals surface area contributed by atoms with Gasteiger partial charge in [-0.3, -0.25) is 0 Å². The molecule has 0 atom stereocenters. The van der Waals surface area contributed by atoms with E-state index in [4.69, 9.17) is 4.74 Å². The van der Waals surface area contributed by atoms with E-state index in [1.807, 2.05) is 13.0 Å². The molecule has 0 saturated heterocycles. The largest absolute Gasteiger partial charge is 0.477 e. The molecule has 1 aromatic heterocycles. The molecule has 94 valence electrons. The summed E-state index contributed by atoms with van der Waals surface area (Å²) in [5, 5.41) is 8.81. The van der Waals surface area contributed by atoms with Gasteiger partial charge in [0.25, 0.3) is 0 Å². The average Bonchev–Trinajstić information content (AvgIpc) is 2.40. The first kappa shape index (κ1) is 12.8. The summed E-state index contributed by atoms with van der Waals surface area (Å²) < 4.78 is 17.9. The lowest BCUT2D eigenvalue weighted by Gasteiger charge is -2.03. The lowest BCUT2D eigenvalue weighted by atomic mass is 10.2. The summed E-state index contributed by atoms with van der Waals surface area (Å²) in [5.74, 6) is 1.05. The normalized spacial score (nSPS) is 10.3. The van der Waals surface area contributed by atoms with Crippen LogP contribution < -0.4 is 4.74 Å². The van der Waals surface area contributed by atoms with Crippen molar-refractivity contribution in [2.75, 3.05) is 6.61 Å². The monoisotopic (exact) mass is 264 g/mol. The second-order valence-corrected chi connectivity index (χ2v) is 4.55. The Morgan fingerprint density at radius 1 is 1.11 bits per heavy atom. The molecule has 1 heterocycles. The Hall–Kier alpha value is -1.62. The Morgan fingerprint density at radius 2 is 1.89 bits per heavy atom. The quantitative estimate of drug-likeness (QED) is 0.776. The van der Waals surface area contributed by atoms with Gasteiger partial charge in [-0.1, -0.05) is 23.9 Å². The van der Waals surface area contributed by atoms with Crippen LogP contribution in [0, 0.1) is 5.82 Å². The standard InChI is InChI=1S/C13H13FN2OS/c1-2-17-12-7-8-13(16-15-12)18-9-10-3-5-11(14)6-4-10/h3-8H,2,9H2,1H3. The van der Waals surface area contributed by atoms with Gasteiger partial charge in [-0.25, -0.2) is 4.39 Å². The summed E-state index contributed by atoms with van der Waals surface area (Å²) in [7, 11) is 0. The van der Waals surface area contributed by atoms with Gasteiger partial charge >= 0.3 is 0 Å². The number of hydrogen-bond donors (Lipinski definition) is 0. The van der Waals surface area contributed by atoms with Crippen LogP contribution in [-0.4, -0.2) is 16.8 Å². The zero-order valence-electron chi connectivity index (χ0n) is 9.97. The molecule has 5 heteroatoms. The Balaban J connectivity index is 1.91. The molecule has 0 radical (unpaired) electrons. The minimum atomic E-state index is -0.218. The summed E-state index contributed by atoms with van der Waals surface area (Å²) in [5.41, 5.74) is 1.05. The van der Waals surface area contributed by atoms with Crippen molar-refractivity contribution >= 4 is 11.8 Å². The molecule has 3 nitrogen and oxygen atoms in total. The molecule has 0 amide bonds. The van der Waals surface area contributed by atoms with Gasteiger partial charge in [-0.2, -0.15) is 0 Å². The fraction of sp³-hybridized carbons (Fsp3) is 0.231. The van der Waals surface area contributed by atoms with Crippen molar-refractivity contribution in [1.29, 1.82) is 0 Å². The number of ether oxygens (including phenoxy) is 1. The van der Waals surface area contributed by atoms with E-state index in [1.165, 1.54) is 12.1 Å². The molecule has 0 aliphatic heterocycles. The van der Waals surface area contributed by atoms with Gasteiger partial charge in [-0.05, 0) is 30.7 Å². The summed E-state index contributed by atoms with van der Waals surface area (Å²) in [6, 6.07) is 10.1. The van der Waals surface area contributed by atoms with Gasteiger partial charge in [0.1, 0.15) is 10.8 Å². The van der Waals surface area contributed by atoms with Crippen LogP contribution in [0.1, 0.15) is 12.5 Å². The van der Waals surface area contributed by atoms with Crippen LogP contribution in [0.5, 0.6) is 5.88 Å². The van der Waals surface area contributed by atoms with Crippen LogP contribution in [0.25, 0.3) is 0 Å². The molecule has 0 aliphatic carbocycles. The van der Waals surface area contributed by atoms with Crippen molar-refractivity contribution in [2.24, 2.45) is 0 Å². The first-order valence-corrected chi connectivity index (χ1v) is 6.60. The third-order valence-electron chi connectivity index (χ3n) is 2.21. The number of rotatable bonds is 5. The van der Waals surface area contributed by atoms with E-state index in [0.29, 0.717) is 12.5 Å². The van der Waals surface area contributed by atoms with Gasteiger partial charge in [-0.15, -0.1) is 10.2 Å². The van der Waals surface area contributed by atoms with Crippen LogP contribution in [0.2, 0.25) is 0 Å². The predicted octanol–water partition coefficient (Wildman–Crippen LogP) is 3.31. The van der Waals surface area contributed by atoms with Gasteiger partial charge in [0.15, 0.2) is 0 Å². The van der Waals surface area contributed by atoms with Crippen LogP contribution in [0.15, 0.2) is 41.4 Å². The highest BCUT2D eigenvalue weighted by Gasteiger charge is 2.00. The molecule has 1 aromatic carbocycles. The molecule has 2 aromatic rings. The Bertz CT molecular complexity index is 487. The summed E-state index contributed by atoms with van der Waals surface area (Å²) in [6.07, 6.45) is 0. The molecule has 2 rings (SSSR count). The number of nitrogens with zero attached hydrogens (tertiary/aromatic N) is 2. The maximum absolute atomic E-state index is 12.7. The van der Waals surface area contributed by atoms with Gasteiger partial charge in [0.05, 0.1) is 6.61 Å². The van der Waals surface area contributed by atoms with E-state index < -0.39 is 0 Å². The summed E-state index contributed by atoms with van der Waals surface area (Å²) in [6.45, 7) is 2.48.